The molecular weight excluding hydrogens is 784 g/mol. The molecule has 1 saturated carbocycles. The fraction of sp³-hybridized carbons (Fsp3) is 0.103. The lowest BCUT2D eigenvalue weighted by atomic mass is 9.98. The number of pyridine rings is 1. The zero-order valence-corrected chi connectivity index (χ0v) is 23.8. The third-order valence-electron chi connectivity index (χ3n) is 6.92. The number of nitriles is 3. The summed E-state index contributed by atoms with van der Waals surface area (Å²) in [7, 11) is 0. The van der Waals surface area contributed by atoms with Gasteiger partial charge in [0.1, 0.15) is 29.3 Å². The maximum Gasteiger partial charge on any atom is 0.436 e. The van der Waals surface area contributed by atoms with Crippen LogP contribution in [-0.4, -0.2) is 4.98 Å². The van der Waals surface area contributed by atoms with Crippen LogP contribution in [0.15, 0.2) is 16.7 Å². The fourth-order valence-electron chi connectivity index (χ4n) is 4.77. The summed E-state index contributed by atoms with van der Waals surface area (Å²) in [5, 5.41) is 29.1. The maximum absolute atomic E-state index is 15.1. The molecule has 0 atom stereocenters. The van der Waals surface area contributed by atoms with Crippen molar-refractivity contribution in [3.63, 3.8) is 0 Å². The molecule has 1 heterocycles. The van der Waals surface area contributed by atoms with Gasteiger partial charge in [-0.3, -0.25) is 0 Å². The van der Waals surface area contributed by atoms with Crippen molar-refractivity contribution >= 4 is 16.7 Å². The third-order valence-corrected chi connectivity index (χ3v) is 6.92. The molecule has 0 unspecified atom stereocenters. The van der Waals surface area contributed by atoms with Crippen molar-refractivity contribution in [2.24, 2.45) is 0 Å². The van der Waals surface area contributed by atoms with Crippen LogP contribution in [0.4, 0.5) is 87.8 Å². The smallest absolute Gasteiger partial charge is 0.209 e. The minimum atomic E-state index is -6.26. The van der Waals surface area contributed by atoms with Crippen molar-refractivity contribution in [2.75, 3.05) is 0 Å². The Bertz CT molecular complexity index is 2210. The first kappa shape index (κ1) is 39.7. The van der Waals surface area contributed by atoms with E-state index in [1.807, 2.05) is 4.98 Å². The summed E-state index contributed by atoms with van der Waals surface area (Å²) in [5.74, 6) is -35.1. The van der Waals surface area contributed by atoms with Gasteiger partial charge in [0.25, 0.3) is 0 Å². The second kappa shape index (κ2) is 12.8. The van der Waals surface area contributed by atoms with Crippen LogP contribution in [0, 0.1) is 98.1 Å². The molecule has 0 spiro atoms. The van der Waals surface area contributed by atoms with Crippen LogP contribution in [-0.2, 0) is 18.5 Å². The Kier molecular flexibility index (Phi) is 9.60. The number of aromatic nitrogens is 1. The molecule has 0 N–H and O–H groups in total. The summed E-state index contributed by atoms with van der Waals surface area (Å²) in [6.45, 7) is 0. The van der Waals surface area contributed by atoms with Gasteiger partial charge in [-0.15, -0.1) is 0 Å². The van der Waals surface area contributed by atoms with E-state index in [0.717, 1.165) is 0 Å². The highest BCUT2D eigenvalue weighted by molar-refractivity contribution is 6.12. The Hall–Kier alpha value is -6.12. The zero-order valence-electron chi connectivity index (χ0n) is 23.8. The van der Waals surface area contributed by atoms with Crippen molar-refractivity contribution in [3.05, 3.63) is 114 Å². The van der Waals surface area contributed by atoms with Crippen molar-refractivity contribution in [3.8, 4) is 18.2 Å². The topological polar surface area (TPSA) is 84.3 Å². The molecule has 1 aliphatic rings. The molecule has 4 rings (SSSR count). The van der Waals surface area contributed by atoms with Crippen molar-refractivity contribution < 1.29 is 87.8 Å². The van der Waals surface area contributed by atoms with Gasteiger partial charge >= 0.3 is 18.5 Å². The lowest BCUT2D eigenvalue weighted by Gasteiger charge is -2.14. The summed E-state index contributed by atoms with van der Waals surface area (Å²) < 4.78 is 281. The molecular formula is C29F20N4. The lowest BCUT2D eigenvalue weighted by molar-refractivity contribution is -0.144. The minimum absolute atomic E-state index is 0.612. The molecule has 276 valence electrons. The molecule has 1 aliphatic carbocycles. The molecule has 0 amide bonds. The standard InChI is InChI=1S/C29F20N4/c30-15-10(16(31)22(37)13(21(15)36)27(41,42)43)4(1-50)7-8(5(2-51)11-17(32)23(38)14(28(44,45)46)24(39)18(11)33)9(7)6(3-52)12-19(34)25(29(47,48)49)53-26(40)20(12)35. The molecule has 0 saturated heterocycles. The monoisotopic (exact) mass is 784 g/mol. The van der Waals surface area contributed by atoms with E-state index in [0.29, 0.717) is 18.2 Å². The zero-order chi connectivity index (χ0) is 40.6. The predicted octanol–water partition coefficient (Wildman–Crippen LogP) is 9.91. The quantitative estimate of drug-likeness (QED) is 0.115. The van der Waals surface area contributed by atoms with E-state index in [9.17, 15) is 81.6 Å². The van der Waals surface area contributed by atoms with E-state index in [1.165, 1.54) is 0 Å². The Morgan fingerprint density at radius 2 is 0.642 bits per heavy atom. The first-order valence-electron chi connectivity index (χ1n) is 12.6. The van der Waals surface area contributed by atoms with Crippen LogP contribution in [0.2, 0.25) is 0 Å². The highest BCUT2D eigenvalue weighted by Crippen LogP contribution is 2.58. The Morgan fingerprint density at radius 3 is 0.868 bits per heavy atom. The van der Waals surface area contributed by atoms with E-state index in [-0.39, 0.29) is 0 Å². The van der Waals surface area contributed by atoms with Crippen LogP contribution < -0.4 is 0 Å². The van der Waals surface area contributed by atoms with E-state index < -0.39 is 150 Å². The number of hydrogen-bond donors (Lipinski definition) is 0. The van der Waals surface area contributed by atoms with E-state index in [4.69, 9.17) is 0 Å². The average Bonchev–Trinajstić information content (AvgIpc) is 3.75. The molecule has 1 aromatic heterocycles. The Balaban J connectivity index is 2.38. The van der Waals surface area contributed by atoms with Crippen molar-refractivity contribution in [2.45, 2.75) is 18.5 Å². The second-order valence-corrected chi connectivity index (χ2v) is 9.84. The largest absolute Gasteiger partial charge is 0.436 e. The molecule has 4 nitrogen and oxygen atoms in total. The maximum atomic E-state index is 15.1. The molecule has 0 bridgehead atoms. The summed E-state index contributed by atoms with van der Waals surface area (Å²) in [5.41, 5.74) is -29.9. The number of hydrogen-bond acceptors (Lipinski definition) is 4. The van der Waals surface area contributed by atoms with Crippen LogP contribution in [0.3, 0.4) is 0 Å². The highest BCUT2D eigenvalue weighted by atomic mass is 19.4. The fourth-order valence-corrected chi connectivity index (χ4v) is 4.77. The lowest BCUT2D eigenvalue weighted by Crippen LogP contribution is -2.17. The van der Waals surface area contributed by atoms with E-state index >= 15 is 22.0 Å². The van der Waals surface area contributed by atoms with Gasteiger partial charge in [-0.05, 0) is 0 Å². The number of alkyl halides is 9. The number of allylic oxidation sites excluding steroid dienone is 6. The van der Waals surface area contributed by atoms with Crippen LogP contribution in [0.5, 0.6) is 0 Å². The van der Waals surface area contributed by atoms with Gasteiger partial charge in [-0.2, -0.15) is 59.7 Å². The normalized spacial score (nSPS) is 15.2. The molecule has 2 aromatic carbocycles. The molecule has 0 aliphatic heterocycles. The molecule has 24 heteroatoms. The number of halogens is 20. The van der Waals surface area contributed by atoms with Gasteiger partial charge in [0.05, 0.1) is 33.4 Å². The van der Waals surface area contributed by atoms with Gasteiger partial charge in [0.15, 0.2) is 63.9 Å². The van der Waals surface area contributed by atoms with E-state index in [2.05, 4.69) is 0 Å². The van der Waals surface area contributed by atoms with Crippen LogP contribution >= 0.6 is 0 Å². The second-order valence-electron chi connectivity index (χ2n) is 9.84. The van der Waals surface area contributed by atoms with Gasteiger partial charge < -0.3 is 0 Å². The minimum Gasteiger partial charge on any atom is -0.209 e. The van der Waals surface area contributed by atoms with Crippen molar-refractivity contribution in [1.29, 1.82) is 15.8 Å². The molecule has 53 heavy (non-hydrogen) atoms. The molecule has 1 fully saturated rings. The van der Waals surface area contributed by atoms with Gasteiger partial charge in [0, 0.05) is 16.7 Å². The SMILES string of the molecule is N#CC(=C1C(=C(C#N)c2c(F)c(F)c(C(F)(F)F)c(F)c2F)C1=C(C#N)c1c(F)c(F)c(C(F)(F)F)c(F)c1F)c1c(F)c(F)nc(C(F)(F)F)c1F. The van der Waals surface area contributed by atoms with Crippen LogP contribution in [0.25, 0.3) is 16.7 Å². The van der Waals surface area contributed by atoms with Gasteiger partial charge in [0.2, 0.25) is 5.95 Å². The summed E-state index contributed by atoms with van der Waals surface area (Å²) in [6, 6.07) is 1.86. The van der Waals surface area contributed by atoms with Crippen molar-refractivity contribution in [1.82, 2.24) is 4.98 Å². The summed E-state index contributed by atoms with van der Waals surface area (Å²) in [6.07, 6.45) is -18.6. The first-order valence-corrected chi connectivity index (χ1v) is 12.6. The Morgan fingerprint density at radius 1 is 0.377 bits per heavy atom. The van der Waals surface area contributed by atoms with Crippen LogP contribution in [0.1, 0.15) is 33.5 Å². The Labute approximate surface area is 277 Å². The highest BCUT2D eigenvalue weighted by Gasteiger charge is 2.50. The van der Waals surface area contributed by atoms with Gasteiger partial charge in [-0.25, -0.2) is 48.9 Å². The number of rotatable bonds is 3. The molecule has 0 radical (unpaired) electrons. The number of nitrogens with zero attached hydrogens (tertiary/aromatic N) is 4. The van der Waals surface area contributed by atoms with E-state index in [1.54, 1.807) is 0 Å². The molecule has 3 aromatic rings. The van der Waals surface area contributed by atoms with Gasteiger partial charge in [-0.1, -0.05) is 0 Å². The predicted molar refractivity (Wildman–Crippen MR) is 129 cm³/mol. The summed E-state index contributed by atoms with van der Waals surface area (Å²) in [4.78, 5) is 1.93. The summed E-state index contributed by atoms with van der Waals surface area (Å²) >= 11 is 0. The average molecular weight is 784 g/mol. The first-order chi connectivity index (χ1) is 24.2. The number of benzene rings is 2. The third kappa shape index (κ3) is 6.15.